The van der Waals surface area contributed by atoms with E-state index in [9.17, 15) is 10.1 Å². The molecule has 0 aliphatic heterocycles. The topological polar surface area (TPSA) is 115 Å². The lowest BCUT2D eigenvalue weighted by Gasteiger charge is -2.09. The van der Waals surface area contributed by atoms with Crippen LogP contribution < -0.4 is 15.4 Å². The van der Waals surface area contributed by atoms with Crippen LogP contribution in [0.25, 0.3) is 0 Å². The number of ether oxygens (including phenoxy) is 1. The Morgan fingerprint density at radius 2 is 1.80 bits per heavy atom. The summed E-state index contributed by atoms with van der Waals surface area (Å²) in [5.74, 6) is 0.726. The molecule has 9 heteroatoms. The number of aromatic nitrogens is 3. The molecule has 0 spiro atoms. The van der Waals surface area contributed by atoms with Gasteiger partial charge in [-0.1, -0.05) is 26.2 Å². The van der Waals surface area contributed by atoms with Crippen molar-refractivity contribution in [2.45, 2.75) is 32.6 Å². The van der Waals surface area contributed by atoms with E-state index in [1.807, 2.05) is 0 Å². The van der Waals surface area contributed by atoms with Crippen LogP contribution in [0.2, 0.25) is 0 Å². The maximum atomic E-state index is 10.7. The van der Waals surface area contributed by atoms with Crippen molar-refractivity contribution in [1.82, 2.24) is 15.0 Å². The number of nitrogens with one attached hydrogen (secondary N) is 2. The van der Waals surface area contributed by atoms with Crippen LogP contribution in [0, 0.1) is 10.1 Å². The number of hydrogen-bond donors (Lipinski definition) is 2. The van der Waals surface area contributed by atoms with Gasteiger partial charge >= 0.3 is 6.01 Å². The Hall–Kier alpha value is -2.97. The molecule has 9 nitrogen and oxygen atoms in total. The largest absolute Gasteiger partial charge is 0.467 e. The number of anilines is 3. The first-order valence-corrected chi connectivity index (χ1v) is 8.17. The van der Waals surface area contributed by atoms with Gasteiger partial charge in [-0.15, -0.1) is 0 Å². The van der Waals surface area contributed by atoms with Crippen molar-refractivity contribution in [3.05, 3.63) is 34.4 Å². The first kappa shape index (κ1) is 18.4. The number of hydrogen-bond acceptors (Lipinski definition) is 8. The van der Waals surface area contributed by atoms with Crippen LogP contribution in [0.1, 0.15) is 32.6 Å². The van der Waals surface area contributed by atoms with Gasteiger partial charge in [0.25, 0.3) is 5.69 Å². The summed E-state index contributed by atoms with van der Waals surface area (Å²) >= 11 is 0. The summed E-state index contributed by atoms with van der Waals surface area (Å²) < 4.78 is 5.10. The van der Waals surface area contributed by atoms with Crippen LogP contribution in [-0.4, -0.2) is 33.5 Å². The quantitative estimate of drug-likeness (QED) is 0.381. The van der Waals surface area contributed by atoms with E-state index in [0.29, 0.717) is 17.6 Å². The number of non-ortho nitro benzene ring substituents is 1. The molecule has 0 saturated heterocycles. The van der Waals surface area contributed by atoms with Crippen molar-refractivity contribution in [1.29, 1.82) is 0 Å². The van der Waals surface area contributed by atoms with Gasteiger partial charge in [0.2, 0.25) is 11.9 Å². The monoisotopic (exact) mass is 346 g/mol. The van der Waals surface area contributed by atoms with E-state index in [-0.39, 0.29) is 11.7 Å². The number of benzene rings is 1. The lowest BCUT2D eigenvalue weighted by Crippen LogP contribution is -2.09. The summed E-state index contributed by atoms with van der Waals surface area (Å²) in [7, 11) is 1.48. The molecule has 0 atom stereocenters. The Balaban J connectivity index is 2.03. The number of methoxy groups -OCH3 is 1. The minimum Gasteiger partial charge on any atom is -0.467 e. The second-order valence-corrected chi connectivity index (χ2v) is 5.39. The SMILES string of the molecule is CCCCCCNc1nc(Nc2ccc([N+](=O)[O-])cc2)nc(OC)n1. The molecular weight excluding hydrogens is 324 g/mol. The predicted octanol–water partition coefficient (Wildman–Crippen LogP) is 3.52. The van der Waals surface area contributed by atoms with Crippen LogP contribution in [-0.2, 0) is 0 Å². The second-order valence-electron chi connectivity index (χ2n) is 5.39. The summed E-state index contributed by atoms with van der Waals surface area (Å²) in [4.78, 5) is 22.8. The van der Waals surface area contributed by atoms with Crippen molar-refractivity contribution in [2.24, 2.45) is 0 Å². The van der Waals surface area contributed by atoms with Gasteiger partial charge in [-0.05, 0) is 18.6 Å². The molecule has 0 aliphatic rings. The zero-order valence-corrected chi connectivity index (χ0v) is 14.4. The number of rotatable bonds is 10. The molecular formula is C16H22N6O3. The Labute approximate surface area is 146 Å². The van der Waals surface area contributed by atoms with Crippen molar-refractivity contribution in [2.75, 3.05) is 24.3 Å². The normalized spacial score (nSPS) is 10.3. The summed E-state index contributed by atoms with van der Waals surface area (Å²) in [6, 6.07) is 6.19. The van der Waals surface area contributed by atoms with E-state index in [4.69, 9.17) is 4.74 Å². The molecule has 0 unspecified atom stereocenters. The average Bonchev–Trinajstić information content (AvgIpc) is 2.61. The van der Waals surface area contributed by atoms with E-state index in [1.165, 1.54) is 32.1 Å². The summed E-state index contributed by atoms with van der Waals surface area (Å²) in [5, 5.41) is 16.8. The van der Waals surface area contributed by atoms with E-state index >= 15 is 0 Å². The molecule has 1 heterocycles. The maximum Gasteiger partial charge on any atom is 0.322 e. The second kappa shape index (κ2) is 9.36. The van der Waals surface area contributed by atoms with Crippen molar-refractivity contribution in [3.8, 4) is 6.01 Å². The minimum atomic E-state index is -0.448. The number of nitrogens with zero attached hydrogens (tertiary/aromatic N) is 4. The third-order valence-corrected chi connectivity index (χ3v) is 3.45. The lowest BCUT2D eigenvalue weighted by atomic mass is 10.2. The molecule has 2 rings (SSSR count). The van der Waals surface area contributed by atoms with E-state index in [1.54, 1.807) is 12.1 Å². The third kappa shape index (κ3) is 5.87. The van der Waals surface area contributed by atoms with E-state index in [0.717, 1.165) is 19.4 Å². The summed E-state index contributed by atoms with van der Waals surface area (Å²) in [6.07, 6.45) is 4.57. The average molecular weight is 346 g/mol. The summed E-state index contributed by atoms with van der Waals surface area (Å²) in [6.45, 7) is 2.94. The van der Waals surface area contributed by atoms with Gasteiger partial charge < -0.3 is 15.4 Å². The number of nitro benzene ring substituents is 1. The lowest BCUT2D eigenvalue weighted by molar-refractivity contribution is -0.384. The first-order valence-electron chi connectivity index (χ1n) is 8.17. The van der Waals surface area contributed by atoms with Crippen LogP contribution in [0.5, 0.6) is 6.01 Å². The van der Waals surface area contributed by atoms with Crippen molar-refractivity contribution in [3.63, 3.8) is 0 Å². The molecule has 2 aromatic rings. The van der Waals surface area contributed by atoms with E-state index < -0.39 is 4.92 Å². The Morgan fingerprint density at radius 3 is 2.44 bits per heavy atom. The van der Waals surface area contributed by atoms with Gasteiger partial charge in [0.05, 0.1) is 12.0 Å². The van der Waals surface area contributed by atoms with Gasteiger partial charge in [0, 0.05) is 24.4 Å². The molecule has 0 bridgehead atoms. The van der Waals surface area contributed by atoms with Crippen LogP contribution >= 0.6 is 0 Å². The molecule has 0 amide bonds. The highest BCUT2D eigenvalue weighted by molar-refractivity contribution is 5.56. The highest BCUT2D eigenvalue weighted by Crippen LogP contribution is 2.19. The Kier molecular flexibility index (Phi) is 6.87. The van der Waals surface area contributed by atoms with Gasteiger partial charge in [-0.2, -0.15) is 15.0 Å². The fourth-order valence-corrected chi connectivity index (χ4v) is 2.13. The predicted molar refractivity (Wildman–Crippen MR) is 95.4 cm³/mol. The third-order valence-electron chi connectivity index (χ3n) is 3.45. The van der Waals surface area contributed by atoms with Gasteiger partial charge in [0.15, 0.2) is 0 Å². The van der Waals surface area contributed by atoms with Gasteiger partial charge in [-0.3, -0.25) is 10.1 Å². The molecule has 0 saturated carbocycles. The van der Waals surface area contributed by atoms with Crippen LogP contribution in [0.3, 0.4) is 0 Å². The van der Waals surface area contributed by atoms with E-state index in [2.05, 4.69) is 32.5 Å². The molecule has 0 radical (unpaired) electrons. The Bertz CT molecular complexity index is 693. The van der Waals surface area contributed by atoms with Crippen molar-refractivity contribution < 1.29 is 9.66 Å². The summed E-state index contributed by atoms with van der Waals surface area (Å²) in [5.41, 5.74) is 0.654. The first-order chi connectivity index (χ1) is 12.1. The Morgan fingerprint density at radius 1 is 1.08 bits per heavy atom. The molecule has 2 N–H and O–H groups in total. The number of unbranched alkanes of at least 4 members (excludes halogenated alkanes) is 3. The minimum absolute atomic E-state index is 0.0215. The highest BCUT2D eigenvalue weighted by Gasteiger charge is 2.08. The highest BCUT2D eigenvalue weighted by atomic mass is 16.6. The fraction of sp³-hybridized carbons (Fsp3) is 0.438. The zero-order chi connectivity index (χ0) is 18.1. The molecule has 0 aliphatic carbocycles. The van der Waals surface area contributed by atoms with Crippen LogP contribution in [0.4, 0.5) is 23.3 Å². The van der Waals surface area contributed by atoms with Gasteiger partial charge in [-0.25, -0.2) is 0 Å². The molecule has 0 fully saturated rings. The maximum absolute atomic E-state index is 10.7. The molecule has 25 heavy (non-hydrogen) atoms. The van der Waals surface area contributed by atoms with Gasteiger partial charge in [0.1, 0.15) is 0 Å². The standard InChI is InChI=1S/C16H22N6O3/c1-3-4-5-6-11-17-14-19-15(21-16(20-14)25-2)18-12-7-9-13(10-8-12)22(23)24/h7-10H,3-6,11H2,1-2H3,(H2,17,18,19,20,21). The molecule has 134 valence electrons. The molecule has 1 aromatic heterocycles. The zero-order valence-electron chi connectivity index (χ0n) is 14.4. The number of nitro groups is 1. The smallest absolute Gasteiger partial charge is 0.322 e. The molecule has 1 aromatic carbocycles. The van der Waals surface area contributed by atoms with Crippen LogP contribution in [0.15, 0.2) is 24.3 Å². The fourth-order valence-electron chi connectivity index (χ4n) is 2.13. The van der Waals surface area contributed by atoms with Crippen molar-refractivity contribution >= 4 is 23.3 Å².